The predicted octanol–water partition coefficient (Wildman–Crippen LogP) is 3.09. The van der Waals surface area contributed by atoms with Gasteiger partial charge in [0.15, 0.2) is 0 Å². The molecule has 0 unspecified atom stereocenters. The average molecular weight is 263 g/mol. The van der Waals surface area contributed by atoms with Gasteiger partial charge in [-0.05, 0) is 31.5 Å². The van der Waals surface area contributed by atoms with Crippen molar-refractivity contribution in [2.45, 2.75) is 18.9 Å². The number of nitro groups is 1. The second-order valence-corrected chi connectivity index (χ2v) is 4.05. The molecule has 1 aliphatic heterocycles. The topological polar surface area (TPSA) is 55.2 Å². The summed E-state index contributed by atoms with van der Waals surface area (Å²) in [6, 6.07) is 4.78. The highest BCUT2D eigenvalue weighted by Crippen LogP contribution is 2.32. The zero-order valence-corrected chi connectivity index (χ0v) is 10.1. The number of halogens is 2. The van der Waals surface area contributed by atoms with Crippen molar-refractivity contribution < 1.29 is 4.92 Å². The Kier molecular flexibility index (Phi) is 4.53. The van der Waals surface area contributed by atoms with E-state index in [2.05, 4.69) is 5.32 Å². The summed E-state index contributed by atoms with van der Waals surface area (Å²) < 4.78 is 0. The number of nitrogens with zero attached hydrogens (tertiary/aromatic N) is 1. The molecule has 1 atom stereocenters. The van der Waals surface area contributed by atoms with Crippen molar-refractivity contribution in [1.82, 2.24) is 5.32 Å². The Bertz CT molecular complexity index is 392. The van der Waals surface area contributed by atoms with Gasteiger partial charge in [0.1, 0.15) is 0 Å². The summed E-state index contributed by atoms with van der Waals surface area (Å²) in [5, 5.41) is 14.6. The number of hydrogen-bond acceptors (Lipinski definition) is 3. The van der Waals surface area contributed by atoms with Gasteiger partial charge >= 0.3 is 0 Å². The van der Waals surface area contributed by atoms with Crippen molar-refractivity contribution in [2.75, 3.05) is 6.54 Å². The fraction of sp³-hybridized carbons (Fsp3) is 0.400. The molecule has 1 aliphatic rings. The van der Waals surface area contributed by atoms with Crippen LogP contribution >= 0.6 is 24.0 Å². The van der Waals surface area contributed by atoms with Crippen molar-refractivity contribution in [1.29, 1.82) is 0 Å². The lowest BCUT2D eigenvalue weighted by molar-refractivity contribution is -0.385. The van der Waals surface area contributed by atoms with Crippen molar-refractivity contribution in [3.05, 3.63) is 38.9 Å². The van der Waals surface area contributed by atoms with Gasteiger partial charge in [0, 0.05) is 22.7 Å². The number of nitrogens with one attached hydrogen (secondary N) is 1. The quantitative estimate of drug-likeness (QED) is 0.658. The van der Waals surface area contributed by atoms with Crippen LogP contribution in [0, 0.1) is 10.1 Å². The zero-order chi connectivity index (χ0) is 10.8. The van der Waals surface area contributed by atoms with Crippen molar-refractivity contribution in [3.63, 3.8) is 0 Å². The second kappa shape index (κ2) is 5.48. The van der Waals surface area contributed by atoms with E-state index >= 15 is 0 Å². The number of rotatable bonds is 2. The molecule has 0 bridgehead atoms. The van der Waals surface area contributed by atoms with Crippen LogP contribution in [0.4, 0.5) is 5.69 Å². The zero-order valence-electron chi connectivity index (χ0n) is 8.48. The maximum atomic E-state index is 10.8. The molecule has 0 saturated carbocycles. The summed E-state index contributed by atoms with van der Waals surface area (Å²) >= 11 is 5.85. The molecule has 1 heterocycles. The maximum absolute atomic E-state index is 10.8. The van der Waals surface area contributed by atoms with E-state index in [-0.39, 0.29) is 29.1 Å². The van der Waals surface area contributed by atoms with Gasteiger partial charge in [-0.2, -0.15) is 0 Å². The molecule has 0 aromatic heterocycles. The van der Waals surface area contributed by atoms with Crippen LogP contribution in [0.2, 0.25) is 5.02 Å². The molecule has 1 N–H and O–H groups in total. The van der Waals surface area contributed by atoms with Gasteiger partial charge in [0.2, 0.25) is 0 Å². The smallest absolute Gasteiger partial charge is 0.274 e. The first-order chi connectivity index (χ1) is 7.18. The first-order valence-corrected chi connectivity index (χ1v) is 5.23. The molecule has 1 saturated heterocycles. The number of nitro benzene ring substituents is 1. The summed E-state index contributed by atoms with van der Waals surface area (Å²) in [5.74, 6) is 0. The first-order valence-electron chi connectivity index (χ1n) is 4.85. The van der Waals surface area contributed by atoms with E-state index in [4.69, 9.17) is 11.6 Å². The standard InChI is InChI=1S/C10H11ClN2O2.ClH/c11-7-3-4-10(13(14)15)8(6-7)9-2-1-5-12-9;/h3-4,6,9,12H,1-2,5H2;1H/t9-;/m0./s1. The van der Waals surface area contributed by atoms with Gasteiger partial charge in [0.05, 0.1) is 4.92 Å². The van der Waals surface area contributed by atoms with Gasteiger partial charge in [-0.15, -0.1) is 12.4 Å². The van der Waals surface area contributed by atoms with Crippen LogP contribution in [-0.4, -0.2) is 11.5 Å². The highest BCUT2D eigenvalue weighted by atomic mass is 35.5. The molecule has 2 rings (SSSR count). The van der Waals surface area contributed by atoms with Crippen molar-refractivity contribution >= 4 is 29.7 Å². The minimum absolute atomic E-state index is 0. The Balaban J connectivity index is 0.00000128. The van der Waals surface area contributed by atoms with Crippen LogP contribution in [0.15, 0.2) is 18.2 Å². The van der Waals surface area contributed by atoms with E-state index in [9.17, 15) is 10.1 Å². The highest BCUT2D eigenvalue weighted by Gasteiger charge is 2.24. The lowest BCUT2D eigenvalue weighted by atomic mass is 10.0. The third-order valence-electron chi connectivity index (χ3n) is 2.62. The summed E-state index contributed by atoms with van der Waals surface area (Å²) in [5.41, 5.74) is 0.851. The van der Waals surface area contributed by atoms with Crippen LogP contribution < -0.4 is 5.32 Å². The molecule has 6 heteroatoms. The Morgan fingerprint density at radius 2 is 2.25 bits per heavy atom. The molecular weight excluding hydrogens is 251 g/mol. The van der Waals surface area contributed by atoms with Gasteiger partial charge in [-0.1, -0.05) is 11.6 Å². The van der Waals surface area contributed by atoms with E-state index in [0.29, 0.717) is 10.6 Å². The van der Waals surface area contributed by atoms with Crippen LogP contribution in [-0.2, 0) is 0 Å². The monoisotopic (exact) mass is 262 g/mol. The van der Waals surface area contributed by atoms with E-state index in [0.717, 1.165) is 19.4 Å². The predicted molar refractivity (Wildman–Crippen MR) is 65.3 cm³/mol. The van der Waals surface area contributed by atoms with Crippen LogP contribution in [0.3, 0.4) is 0 Å². The number of hydrogen-bond donors (Lipinski definition) is 1. The lowest BCUT2D eigenvalue weighted by Crippen LogP contribution is -2.14. The molecular formula is C10H12Cl2N2O2. The van der Waals surface area contributed by atoms with Crippen LogP contribution in [0.5, 0.6) is 0 Å². The number of benzene rings is 1. The van der Waals surface area contributed by atoms with E-state index in [1.54, 1.807) is 12.1 Å². The molecule has 88 valence electrons. The molecule has 16 heavy (non-hydrogen) atoms. The van der Waals surface area contributed by atoms with Crippen LogP contribution in [0.1, 0.15) is 24.4 Å². The van der Waals surface area contributed by atoms with Gasteiger partial charge in [0.25, 0.3) is 5.69 Å². The van der Waals surface area contributed by atoms with E-state index < -0.39 is 0 Å². The van der Waals surface area contributed by atoms with Gasteiger partial charge in [-0.3, -0.25) is 10.1 Å². The average Bonchev–Trinajstić information content (AvgIpc) is 2.69. The van der Waals surface area contributed by atoms with Gasteiger partial charge < -0.3 is 5.32 Å². The molecule has 1 fully saturated rings. The Hall–Kier alpha value is -0.840. The van der Waals surface area contributed by atoms with E-state index in [1.165, 1.54) is 6.07 Å². The van der Waals surface area contributed by atoms with Crippen molar-refractivity contribution in [3.8, 4) is 0 Å². The van der Waals surface area contributed by atoms with Crippen LogP contribution in [0.25, 0.3) is 0 Å². The summed E-state index contributed by atoms with van der Waals surface area (Å²) in [6.07, 6.45) is 1.98. The normalized spacial score (nSPS) is 19.2. The molecule has 1 aromatic carbocycles. The highest BCUT2D eigenvalue weighted by molar-refractivity contribution is 6.30. The van der Waals surface area contributed by atoms with Crippen molar-refractivity contribution in [2.24, 2.45) is 0 Å². The lowest BCUT2D eigenvalue weighted by Gasteiger charge is -2.10. The minimum Gasteiger partial charge on any atom is -0.310 e. The molecule has 0 radical (unpaired) electrons. The summed E-state index contributed by atoms with van der Waals surface area (Å²) in [4.78, 5) is 10.5. The largest absolute Gasteiger partial charge is 0.310 e. The maximum Gasteiger partial charge on any atom is 0.274 e. The third kappa shape index (κ3) is 2.64. The molecule has 0 amide bonds. The third-order valence-corrected chi connectivity index (χ3v) is 2.86. The Labute approximate surface area is 105 Å². The fourth-order valence-corrected chi connectivity index (χ4v) is 2.10. The fourth-order valence-electron chi connectivity index (χ4n) is 1.92. The summed E-state index contributed by atoms with van der Waals surface area (Å²) in [7, 11) is 0. The first kappa shape index (κ1) is 13.2. The SMILES string of the molecule is Cl.O=[N+]([O-])c1ccc(Cl)cc1[C@@H]1CCCN1. The Morgan fingerprint density at radius 3 is 2.81 bits per heavy atom. The molecule has 0 aliphatic carbocycles. The second-order valence-electron chi connectivity index (χ2n) is 3.61. The summed E-state index contributed by atoms with van der Waals surface area (Å²) in [6.45, 7) is 0.911. The van der Waals surface area contributed by atoms with Gasteiger partial charge in [-0.25, -0.2) is 0 Å². The molecule has 4 nitrogen and oxygen atoms in total. The molecule has 0 spiro atoms. The Morgan fingerprint density at radius 1 is 1.50 bits per heavy atom. The minimum atomic E-state index is -0.355. The van der Waals surface area contributed by atoms with E-state index in [1.807, 2.05) is 0 Å². The molecule has 1 aromatic rings.